The maximum absolute atomic E-state index is 11.6. The van der Waals surface area contributed by atoms with Crippen molar-refractivity contribution in [3.63, 3.8) is 0 Å². The Balaban J connectivity index is 2.18. The van der Waals surface area contributed by atoms with E-state index >= 15 is 0 Å². The van der Waals surface area contributed by atoms with Crippen molar-refractivity contribution >= 4 is 17.7 Å². The van der Waals surface area contributed by atoms with Crippen molar-refractivity contribution in [1.29, 1.82) is 0 Å². The summed E-state index contributed by atoms with van der Waals surface area (Å²) in [4.78, 5) is 11.6. The number of allylic oxidation sites excluding steroid dienone is 1. The van der Waals surface area contributed by atoms with E-state index in [1.54, 1.807) is 0 Å². The van der Waals surface area contributed by atoms with Gasteiger partial charge in [0.2, 0.25) is 5.91 Å². The van der Waals surface area contributed by atoms with Crippen molar-refractivity contribution in [1.82, 2.24) is 0 Å². The number of nitrogens with one attached hydrogen (secondary N) is 1. The van der Waals surface area contributed by atoms with Gasteiger partial charge in [0.05, 0.1) is 0 Å². The van der Waals surface area contributed by atoms with Crippen LogP contribution in [0.1, 0.15) is 31.4 Å². The zero-order valence-electron chi connectivity index (χ0n) is 9.79. The second kappa shape index (κ2) is 4.52. The zero-order valence-corrected chi connectivity index (χ0v) is 9.79. The lowest BCUT2D eigenvalue weighted by Gasteiger charge is -2.13. The van der Waals surface area contributed by atoms with Gasteiger partial charge in [-0.05, 0) is 36.1 Å². The minimum Gasteiger partial charge on any atom is -0.326 e. The SMILES string of the molecule is CC(C)C(=O)Nc1ccc2c(c1)CCC=C2. The van der Waals surface area contributed by atoms with Crippen LogP contribution in [0.25, 0.3) is 6.08 Å². The molecule has 0 bridgehead atoms. The van der Waals surface area contributed by atoms with Crippen molar-refractivity contribution in [3.8, 4) is 0 Å². The van der Waals surface area contributed by atoms with E-state index in [4.69, 9.17) is 0 Å². The fourth-order valence-corrected chi connectivity index (χ4v) is 1.80. The molecule has 0 fully saturated rings. The van der Waals surface area contributed by atoms with Crippen molar-refractivity contribution in [2.24, 2.45) is 5.92 Å². The van der Waals surface area contributed by atoms with Crippen LogP contribution in [0.5, 0.6) is 0 Å². The molecule has 2 nitrogen and oxygen atoms in total. The Kier molecular flexibility index (Phi) is 3.09. The van der Waals surface area contributed by atoms with E-state index in [1.807, 2.05) is 19.9 Å². The minimum absolute atomic E-state index is 0.0240. The lowest BCUT2D eigenvalue weighted by atomic mass is 9.97. The first kappa shape index (κ1) is 10.9. The van der Waals surface area contributed by atoms with Crippen LogP contribution in [0, 0.1) is 5.92 Å². The third kappa shape index (κ3) is 2.32. The molecule has 0 radical (unpaired) electrons. The van der Waals surface area contributed by atoms with Gasteiger partial charge in [-0.3, -0.25) is 4.79 Å². The van der Waals surface area contributed by atoms with Gasteiger partial charge in [-0.15, -0.1) is 0 Å². The lowest BCUT2D eigenvalue weighted by molar-refractivity contribution is -0.118. The van der Waals surface area contributed by atoms with E-state index in [0.717, 1.165) is 18.5 Å². The Hall–Kier alpha value is -1.57. The summed E-state index contributed by atoms with van der Waals surface area (Å²) in [6.45, 7) is 3.80. The van der Waals surface area contributed by atoms with Crippen LogP contribution in [0.4, 0.5) is 5.69 Å². The van der Waals surface area contributed by atoms with Gasteiger partial charge in [0.25, 0.3) is 0 Å². The first-order valence-electron chi connectivity index (χ1n) is 5.77. The van der Waals surface area contributed by atoms with E-state index in [-0.39, 0.29) is 11.8 Å². The molecule has 0 aliphatic heterocycles. The molecule has 16 heavy (non-hydrogen) atoms. The van der Waals surface area contributed by atoms with Crippen LogP contribution in [0.15, 0.2) is 24.3 Å². The van der Waals surface area contributed by atoms with Gasteiger partial charge in [0, 0.05) is 11.6 Å². The predicted octanol–water partition coefficient (Wildman–Crippen LogP) is 3.24. The Morgan fingerprint density at radius 1 is 1.38 bits per heavy atom. The third-order valence-corrected chi connectivity index (χ3v) is 2.81. The Morgan fingerprint density at radius 3 is 2.94 bits per heavy atom. The molecule has 0 saturated heterocycles. The molecule has 0 spiro atoms. The number of hydrogen-bond acceptors (Lipinski definition) is 1. The summed E-state index contributed by atoms with van der Waals surface area (Å²) in [7, 11) is 0. The number of carbonyl (C=O) groups is 1. The van der Waals surface area contributed by atoms with Gasteiger partial charge >= 0.3 is 0 Å². The molecule has 1 aromatic rings. The van der Waals surface area contributed by atoms with Crippen molar-refractivity contribution < 1.29 is 4.79 Å². The first-order valence-corrected chi connectivity index (χ1v) is 5.77. The highest BCUT2D eigenvalue weighted by Gasteiger charge is 2.09. The summed E-state index contributed by atoms with van der Waals surface area (Å²) in [5.74, 6) is 0.0993. The highest BCUT2D eigenvalue weighted by atomic mass is 16.1. The molecule has 1 amide bonds. The standard InChI is InChI=1S/C14H17NO/c1-10(2)14(16)15-13-8-7-11-5-3-4-6-12(11)9-13/h3,5,7-10H,4,6H2,1-2H3,(H,15,16). The Morgan fingerprint density at radius 2 is 2.19 bits per heavy atom. The summed E-state index contributed by atoms with van der Waals surface area (Å²) in [6, 6.07) is 6.12. The van der Waals surface area contributed by atoms with Crippen molar-refractivity contribution in [3.05, 3.63) is 35.4 Å². The lowest BCUT2D eigenvalue weighted by Crippen LogP contribution is -2.17. The van der Waals surface area contributed by atoms with E-state index in [9.17, 15) is 4.79 Å². The maximum Gasteiger partial charge on any atom is 0.226 e. The topological polar surface area (TPSA) is 29.1 Å². The normalized spacial score (nSPS) is 13.7. The Labute approximate surface area is 96.4 Å². The van der Waals surface area contributed by atoms with Crippen LogP contribution in [-0.4, -0.2) is 5.91 Å². The number of benzene rings is 1. The third-order valence-electron chi connectivity index (χ3n) is 2.81. The number of fused-ring (bicyclic) bond motifs is 1. The molecular weight excluding hydrogens is 198 g/mol. The van der Waals surface area contributed by atoms with Crippen LogP contribution >= 0.6 is 0 Å². The average molecular weight is 215 g/mol. The molecule has 1 aromatic carbocycles. The summed E-state index contributed by atoms with van der Waals surface area (Å²) in [6.07, 6.45) is 6.49. The minimum atomic E-state index is 0.0240. The molecule has 1 aliphatic rings. The maximum atomic E-state index is 11.6. The fourth-order valence-electron chi connectivity index (χ4n) is 1.80. The van der Waals surface area contributed by atoms with E-state index < -0.39 is 0 Å². The molecule has 84 valence electrons. The van der Waals surface area contributed by atoms with Gasteiger partial charge in [0.1, 0.15) is 0 Å². The van der Waals surface area contributed by atoms with Gasteiger partial charge < -0.3 is 5.32 Å². The van der Waals surface area contributed by atoms with Gasteiger partial charge in [-0.1, -0.05) is 32.1 Å². The molecule has 0 aromatic heterocycles. The van der Waals surface area contributed by atoms with Crippen LogP contribution < -0.4 is 5.32 Å². The fraction of sp³-hybridized carbons (Fsp3) is 0.357. The molecule has 2 rings (SSSR count). The summed E-state index contributed by atoms with van der Waals surface area (Å²) >= 11 is 0. The second-order valence-corrected chi connectivity index (χ2v) is 4.50. The molecule has 0 atom stereocenters. The van der Waals surface area contributed by atoms with E-state index in [1.165, 1.54) is 11.1 Å². The number of amides is 1. The molecular formula is C14H17NO. The largest absolute Gasteiger partial charge is 0.326 e. The number of anilines is 1. The number of aryl methyl sites for hydroxylation is 1. The summed E-state index contributed by atoms with van der Waals surface area (Å²) < 4.78 is 0. The summed E-state index contributed by atoms with van der Waals surface area (Å²) in [5.41, 5.74) is 3.51. The van der Waals surface area contributed by atoms with E-state index in [2.05, 4.69) is 29.6 Å². The smallest absolute Gasteiger partial charge is 0.226 e. The quantitative estimate of drug-likeness (QED) is 0.806. The molecule has 2 heteroatoms. The monoisotopic (exact) mass is 215 g/mol. The van der Waals surface area contributed by atoms with Crippen LogP contribution in [0.3, 0.4) is 0 Å². The van der Waals surface area contributed by atoms with E-state index in [0.29, 0.717) is 0 Å². The molecule has 1 N–H and O–H groups in total. The highest BCUT2D eigenvalue weighted by Crippen LogP contribution is 2.22. The average Bonchev–Trinajstić information content (AvgIpc) is 2.28. The zero-order chi connectivity index (χ0) is 11.5. The van der Waals surface area contributed by atoms with Gasteiger partial charge in [-0.25, -0.2) is 0 Å². The number of hydrogen-bond donors (Lipinski definition) is 1. The van der Waals surface area contributed by atoms with Crippen molar-refractivity contribution in [2.45, 2.75) is 26.7 Å². The summed E-state index contributed by atoms with van der Waals surface area (Å²) in [5, 5.41) is 2.93. The van der Waals surface area contributed by atoms with Crippen LogP contribution in [-0.2, 0) is 11.2 Å². The molecule has 1 aliphatic carbocycles. The van der Waals surface area contributed by atoms with Crippen molar-refractivity contribution in [2.75, 3.05) is 5.32 Å². The number of rotatable bonds is 2. The second-order valence-electron chi connectivity index (χ2n) is 4.50. The number of carbonyl (C=O) groups excluding carboxylic acids is 1. The Bertz CT molecular complexity index is 432. The van der Waals surface area contributed by atoms with Crippen LogP contribution in [0.2, 0.25) is 0 Å². The molecule has 0 heterocycles. The molecule has 0 unspecified atom stereocenters. The highest BCUT2D eigenvalue weighted by molar-refractivity contribution is 5.92. The predicted molar refractivity (Wildman–Crippen MR) is 67.3 cm³/mol. The first-order chi connectivity index (χ1) is 7.66. The van der Waals surface area contributed by atoms with Gasteiger partial charge in [0.15, 0.2) is 0 Å². The van der Waals surface area contributed by atoms with Gasteiger partial charge in [-0.2, -0.15) is 0 Å². The molecule has 0 saturated carbocycles.